The lowest BCUT2D eigenvalue weighted by Gasteiger charge is -2.35. The Morgan fingerprint density at radius 3 is 2.35 bits per heavy atom. The van der Waals surface area contributed by atoms with Crippen molar-refractivity contribution < 1.29 is 9.18 Å². The molecule has 2 rings (SSSR count). The van der Waals surface area contributed by atoms with E-state index in [4.69, 9.17) is 0 Å². The smallest absolute Gasteiger partial charge is 0.197 e. The highest BCUT2D eigenvalue weighted by Gasteiger charge is 2.40. The maximum absolute atomic E-state index is 14.4. The molecule has 1 saturated carbocycles. The fraction of sp³-hybridized carbons (Fsp3) is 0.533. The molecule has 0 spiro atoms. The highest BCUT2D eigenvalue weighted by atomic mass is 19.1. The van der Waals surface area contributed by atoms with Crippen molar-refractivity contribution in [3.05, 3.63) is 35.9 Å². The summed E-state index contributed by atoms with van der Waals surface area (Å²) in [6.07, 6.45) is 3.55. The predicted molar refractivity (Wildman–Crippen MR) is 66.9 cm³/mol. The molecule has 0 heterocycles. The summed E-state index contributed by atoms with van der Waals surface area (Å²) in [6, 6.07) is 8.79. The van der Waals surface area contributed by atoms with Crippen molar-refractivity contribution in [2.75, 3.05) is 0 Å². The van der Waals surface area contributed by atoms with Gasteiger partial charge in [0.1, 0.15) is 0 Å². The summed E-state index contributed by atoms with van der Waals surface area (Å²) in [5, 5.41) is 0. The zero-order valence-corrected chi connectivity index (χ0v) is 10.3. The van der Waals surface area contributed by atoms with Crippen molar-refractivity contribution in [1.29, 1.82) is 0 Å². The Kier molecular flexibility index (Phi) is 3.60. The third-order valence-corrected chi connectivity index (χ3v) is 3.90. The van der Waals surface area contributed by atoms with Crippen LogP contribution in [-0.4, -0.2) is 12.0 Å². The number of carbonyl (C=O) groups is 1. The molecule has 0 radical (unpaired) electrons. The Bertz CT molecular complexity index is 379. The molecule has 0 aliphatic heterocycles. The fourth-order valence-electron chi connectivity index (χ4n) is 2.68. The molecule has 1 aliphatic rings. The molecule has 1 aromatic carbocycles. The van der Waals surface area contributed by atoms with Crippen molar-refractivity contribution in [2.24, 2.45) is 5.41 Å². The van der Waals surface area contributed by atoms with E-state index in [9.17, 15) is 9.18 Å². The Labute approximate surface area is 102 Å². The van der Waals surface area contributed by atoms with E-state index in [0.29, 0.717) is 5.56 Å². The summed E-state index contributed by atoms with van der Waals surface area (Å²) in [6.45, 7) is 1.91. The standard InChI is InChI=1S/C15H19FO/c1-15(10-6-3-7-11-15)14(16)13(17)12-8-4-2-5-9-12/h2,4-5,8-9,14H,3,6-7,10-11H2,1H3. The first-order valence-electron chi connectivity index (χ1n) is 6.37. The molecule has 0 amide bonds. The van der Waals surface area contributed by atoms with Gasteiger partial charge in [0.2, 0.25) is 0 Å². The van der Waals surface area contributed by atoms with Gasteiger partial charge in [-0.05, 0) is 12.8 Å². The van der Waals surface area contributed by atoms with Crippen molar-refractivity contribution >= 4 is 5.78 Å². The van der Waals surface area contributed by atoms with Gasteiger partial charge in [-0.1, -0.05) is 56.5 Å². The van der Waals surface area contributed by atoms with Gasteiger partial charge in [-0.2, -0.15) is 0 Å². The second kappa shape index (κ2) is 4.99. The molecule has 1 fully saturated rings. The van der Waals surface area contributed by atoms with Gasteiger partial charge in [-0.15, -0.1) is 0 Å². The molecule has 1 unspecified atom stereocenters. The largest absolute Gasteiger partial charge is 0.291 e. The van der Waals surface area contributed by atoms with Crippen molar-refractivity contribution in [3.8, 4) is 0 Å². The molecular formula is C15H19FO. The van der Waals surface area contributed by atoms with E-state index >= 15 is 0 Å². The SMILES string of the molecule is CC1(C(F)C(=O)c2ccccc2)CCCCC1. The van der Waals surface area contributed by atoms with Crippen LogP contribution >= 0.6 is 0 Å². The molecule has 1 aliphatic carbocycles. The maximum atomic E-state index is 14.4. The number of carbonyl (C=O) groups excluding carboxylic acids is 1. The van der Waals surface area contributed by atoms with Crippen molar-refractivity contribution in [1.82, 2.24) is 0 Å². The summed E-state index contributed by atoms with van der Waals surface area (Å²) < 4.78 is 14.4. The quantitative estimate of drug-likeness (QED) is 0.717. The van der Waals surface area contributed by atoms with Gasteiger partial charge in [0.15, 0.2) is 12.0 Å². The highest BCUT2D eigenvalue weighted by Crippen LogP contribution is 2.41. The third-order valence-electron chi connectivity index (χ3n) is 3.90. The fourth-order valence-corrected chi connectivity index (χ4v) is 2.68. The minimum atomic E-state index is -1.36. The first kappa shape index (κ1) is 12.3. The molecule has 1 aromatic rings. The zero-order chi connectivity index (χ0) is 12.3. The number of ketones is 1. The van der Waals surface area contributed by atoms with E-state index < -0.39 is 11.6 Å². The number of alkyl halides is 1. The van der Waals surface area contributed by atoms with Crippen LogP contribution in [0.15, 0.2) is 30.3 Å². The molecule has 2 heteroatoms. The molecule has 1 atom stereocenters. The molecule has 0 N–H and O–H groups in total. The molecule has 0 aromatic heterocycles. The summed E-state index contributed by atoms with van der Waals surface area (Å²) in [5.74, 6) is -0.352. The summed E-state index contributed by atoms with van der Waals surface area (Å²) in [7, 11) is 0. The van der Waals surface area contributed by atoms with Crippen LogP contribution in [0.5, 0.6) is 0 Å². The van der Waals surface area contributed by atoms with Gasteiger partial charge in [0, 0.05) is 11.0 Å². The van der Waals surface area contributed by atoms with Gasteiger partial charge in [0.25, 0.3) is 0 Å². The highest BCUT2D eigenvalue weighted by molar-refractivity contribution is 5.99. The Morgan fingerprint density at radius 2 is 1.76 bits per heavy atom. The minimum Gasteiger partial charge on any atom is -0.291 e. The van der Waals surface area contributed by atoms with Crippen LogP contribution in [0.25, 0.3) is 0 Å². The van der Waals surface area contributed by atoms with Crippen LogP contribution in [0.1, 0.15) is 49.4 Å². The second-order valence-corrected chi connectivity index (χ2v) is 5.31. The average Bonchev–Trinajstić information content (AvgIpc) is 2.39. The third kappa shape index (κ3) is 2.56. The van der Waals surface area contributed by atoms with Crippen LogP contribution in [-0.2, 0) is 0 Å². The van der Waals surface area contributed by atoms with E-state index in [1.54, 1.807) is 24.3 Å². The van der Waals surface area contributed by atoms with Gasteiger partial charge in [0.05, 0.1) is 0 Å². The van der Waals surface area contributed by atoms with Gasteiger partial charge in [-0.25, -0.2) is 4.39 Å². The molecule has 92 valence electrons. The maximum Gasteiger partial charge on any atom is 0.197 e. The Balaban J connectivity index is 2.14. The van der Waals surface area contributed by atoms with Crippen LogP contribution in [0.4, 0.5) is 4.39 Å². The van der Waals surface area contributed by atoms with Gasteiger partial charge < -0.3 is 0 Å². The lowest BCUT2D eigenvalue weighted by molar-refractivity contribution is 0.0532. The first-order valence-corrected chi connectivity index (χ1v) is 6.37. The topological polar surface area (TPSA) is 17.1 Å². The van der Waals surface area contributed by atoms with Crippen LogP contribution in [0.2, 0.25) is 0 Å². The van der Waals surface area contributed by atoms with E-state index in [2.05, 4.69) is 0 Å². The normalized spacial score (nSPS) is 20.8. The van der Waals surface area contributed by atoms with E-state index in [1.165, 1.54) is 6.42 Å². The molecule has 17 heavy (non-hydrogen) atoms. The van der Waals surface area contributed by atoms with E-state index in [1.807, 2.05) is 13.0 Å². The monoisotopic (exact) mass is 234 g/mol. The first-order chi connectivity index (χ1) is 8.13. The number of halogens is 1. The molecule has 1 nitrogen and oxygen atoms in total. The average molecular weight is 234 g/mol. The Hall–Kier alpha value is -1.18. The van der Waals surface area contributed by atoms with Crippen LogP contribution < -0.4 is 0 Å². The van der Waals surface area contributed by atoms with Crippen molar-refractivity contribution in [3.63, 3.8) is 0 Å². The van der Waals surface area contributed by atoms with Gasteiger partial charge in [-0.3, -0.25) is 4.79 Å². The lowest BCUT2D eigenvalue weighted by Crippen LogP contribution is -2.37. The predicted octanol–water partition coefficient (Wildman–Crippen LogP) is 4.18. The van der Waals surface area contributed by atoms with Crippen LogP contribution in [0, 0.1) is 5.41 Å². The van der Waals surface area contributed by atoms with Gasteiger partial charge >= 0.3 is 0 Å². The lowest BCUT2D eigenvalue weighted by atomic mass is 9.71. The second-order valence-electron chi connectivity index (χ2n) is 5.31. The number of Topliss-reactive ketones (excluding diaryl/α,β-unsaturated/α-hetero) is 1. The zero-order valence-electron chi connectivity index (χ0n) is 10.3. The molecule has 0 bridgehead atoms. The summed E-state index contributed by atoms with van der Waals surface area (Å²) in [5.41, 5.74) is 0.0392. The molecule has 0 saturated heterocycles. The van der Waals surface area contributed by atoms with E-state index in [-0.39, 0.29) is 5.78 Å². The minimum absolute atomic E-state index is 0.352. The summed E-state index contributed by atoms with van der Waals surface area (Å²) in [4.78, 5) is 12.1. The molecular weight excluding hydrogens is 215 g/mol. The van der Waals surface area contributed by atoms with Crippen molar-refractivity contribution in [2.45, 2.75) is 45.2 Å². The summed E-state index contributed by atoms with van der Waals surface area (Å²) >= 11 is 0. The number of hydrogen-bond donors (Lipinski definition) is 0. The number of hydrogen-bond acceptors (Lipinski definition) is 1. The van der Waals surface area contributed by atoms with E-state index in [0.717, 1.165) is 25.7 Å². The number of rotatable bonds is 3. The number of benzene rings is 1. The van der Waals surface area contributed by atoms with Crippen LogP contribution in [0.3, 0.4) is 0 Å². The Morgan fingerprint density at radius 1 is 1.18 bits per heavy atom.